The van der Waals surface area contributed by atoms with E-state index in [-0.39, 0.29) is 23.3 Å². The van der Waals surface area contributed by atoms with Crippen LogP contribution >= 0.6 is 22.9 Å². The summed E-state index contributed by atoms with van der Waals surface area (Å²) >= 11 is 7.42. The fraction of sp³-hybridized carbons (Fsp3) is 0.273. The van der Waals surface area contributed by atoms with Gasteiger partial charge in [-0.2, -0.15) is 13.2 Å². The molecule has 3 aromatic rings. The van der Waals surface area contributed by atoms with E-state index >= 15 is 0 Å². The third-order valence-corrected chi connectivity index (χ3v) is 7.93. The van der Waals surface area contributed by atoms with Crippen molar-refractivity contribution in [3.8, 4) is 22.6 Å². The summed E-state index contributed by atoms with van der Waals surface area (Å²) in [6.45, 7) is 1.28. The van der Waals surface area contributed by atoms with Gasteiger partial charge in [-0.05, 0) is 49.4 Å². The van der Waals surface area contributed by atoms with Gasteiger partial charge in [-0.3, -0.25) is 0 Å². The first kappa shape index (κ1) is 23.9. The fourth-order valence-electron chi connectivity index (χ4n) is 3.52. The van der Waals surface area contributed by atoms with Crippen molar-refractivity contribution in [3.05, 3.63) is 58.4 Å². The molecule has 0 amide bonds. The number of phenolic OH excluding ortho intramolecular Hbond substituents is 1. The van der Waals surface area contributed by atoms with Crippen LogP contribution in [-0.2, 0) is 17.2 Å². The summed E-state index contributed by atoms with van der Waals surface area (Å²) in [5.74, 6) is -0.182. The molecule has 11 heteroatoms. The van der Waals surface area contributed by atoms with Crippen LogP contribution in [0.3, 0.4) is 0 Å². The number of ether oxygens (including phenoxy) is 1. The van der Waals surface area contributed by atoms with Crippen molar-refractivity contribution in [2.45, 2.75) is 22.9 Å². The number of aromatic hydroxyl groups is 1. The second kappa shape index (κ2) is 9.54. The number of anilines is 1. The highest BCUT2D eigenvalue weighted by atomic mass is 35.5. The summed E-state index contributed by atoms with van der Waals surface area (Å²) in [6.07, 6.45) is -4.29. The number of likely N-dealkylation sites (tertiary alicyclic amines) is 1. The van der Waals surface area contributed by atoms with E-state index in [1.165, 1.54) is 24.3 Å². The number of alkyl halides is 3. The Hall–Kier alpha value is -2.27. The Balaban J connectivity index is 1.56. The number of rotatable bonds is 6. The molecule has 2 heterocycles. The van der Waals surface area contributed by atoms with Gasteiger partial charge in [-0.25, -0.2) is 4.21 Å². The SMILES string of the molecule is CN1CC[C@@H](Oc2cc(NS(=O)c3cc(-c4ccc(O)cc4)c(Cl)s3)ccc2C(F)(F)F)C1. The van der Waals surface area contributed by atoms with Crippen LogP contribution < -0.4 is 9.46 Å². The molecular formula is C22H20ClF3N2O3S2. The van der Waals surface area contributed by atoms with Gasteiger partial charge >= 0.3 is 6.18 Å². The zero-order valence-electron chi connectivity index (χ0n) is 17.4. The Morgan fingerprint density at radius 1 is 1.21 bits per heavy atom. The fourth-order valence-corrected chi connectivity index (χ4v) is 6.06. The number of phenols is 1. The average Bonchev–Trinajstić information content (AvgIpc) is 3.33. The quantitative estimate of drug-likeness (QED) is 0.421. The summed E-state index contributed by atoms with van der Waals surface area (Å²) in [5.41, 5.74) is 0.748. The number of benzene rings is 2. The van der Waals surface area contributed by atoms with Crippen LogP contribution in [0.25, 0.3) is 11.1 Å². The number of halogens is 4. The van der Waals surface area contributed by atoms with Gasteiger partial charge in [0.25, 0.3) is 0 Å². The second-order valence-electron chi connectivity index (χ2n) is 7.67. The highest BCUT2D eigenvalue weighted by molar-refractivity contribution is 7.88. The molecule has 2 atom stereocenters. The molecule has 0 saturated carbocycles. The largest absolute Gasteiger partial charge is 0.508 e. The first-order valence-corrected chi connectivity index (χ1v) is 12.3. The summed E-state index contributed by atoms with van der Waals surface area (Å²) < 4.78 is 62.6. The van der Waals surface area contributed by atoms with Gasteiger partial charge in [0.05, 0.1) is 11.3 Å². The van der Waals surface area contributed by atoms with Gasteiger partial charge in [-0.1, -0.05) is 23.7 Å². The lowest BCUT2D eigenvalue weighted by Crippen LogP contribution is -2.23. The van der Waals surface area contributed by atoms with Crippen LogP contribution in [0, 0.1) is 0 Å². The number of likely N-dealkylation sites (N-methyl/N-ethyl adjacent to an activating group) is 1. The maximum absolute atomic E-state index is 13.5. The predicted molar refractivity (Wildman–Crippen MR) is 124 cm³/mol. The molecular weight excluding hydrogens is 497 g/mol. The zero-order chi connectivity index (χ0) is 23.8. The molecule has 1 aliphatic rings. The molecule has 1 aliphatic heterocycles. The molecule has 4 rings (SSSR count). The standard InChI is InChI=1S/C22H20ClF3N2O3S2/c1-28-9-8-16(12-28)31-19-10-14(4-7-18(19)22(24,25)26)27-33(30)20-11-17(21(23)32-20)13-2-5-15(29)6-3-13/h2-7,10-11,16,27,29H,8-9,12H2,1H3/t16-,33?/m1/s1. The first-order chi connectivity index (χ1) is 15.6. The maximum atomic E-state index is 13.5. The minimum Gasteiger partial charge on any atom is -0.508 e. The minimum absolute atomic E-state index is 0.111. The Kier molecular flexibility index (Phi) is 6.90. The van der Waals surface area contributed by atoms with Gasteiger partial charge in [0.15, 0.2) is 11.0 Å². The van der Waals surface area contributed by atoms with Crippen LogP contribution in [-0.4, -0.2) is 40.5 Å². The average molecular weight is 517 g/mol. The zero-order valence-corrected chi connectivity index (χ0v) is 19.7. The van der Waals surface area contributed by atoms with Crippen LogP contribution in [0.2, 0.25) is 4.34 Å². The van der Waals surface area contributed by atoms with Crippen molar-refractivity contribution in [2.75, 3.05) is 24.9 Å². The highest BCUT2D eigenvalue weighted by Gasteiger charge is 2.36. The third kappa shape index (κ3) is 5.63. The molecule has 2 aromatic carbocycles. The third-order valence-electron chi connectivity index (χ3n) is 5.16. The maximum Gasteiger partial charge on any atom is 0.419 e. The second-order valence-corrected chi connectivity index (χ2v) is 10.8. The molecule has 5 nitrogen and oxygen atoms in total. The molecule has 1 fully saturated rings. The summed E-state index contributed by atoms with van der Waals surface area (Å²) in [4.78, 5) is 1.99. The van der Waals surface area contributed by atoms with Gasteiger partial charge in [0.2, 0.25) is 0 Å². The minimum atomic E-state index is -4.57. The molecule has 0 radical (unpaired) electrons. The van der Waals surface area contributed by atoms with E-state index in [0.29, 0.717) is 27.1 Å². The number of thiophene rings is 1. The normalized spacial score (nSPS) is 17.8. The highest BCUT2D eigenvalue weighted by Crippen LogP contribution is 2.40. The smallest absolute Gasteiger partial charge is 0.419 e. The van der Waals surface area contributed by atoms with E-state index in [0.717, 1.165) is 29.5 Å². The number of hydrogen-bond donors (Lipinski definition) is 2. The Morgan fingerprint density at radius 3 is 2.58 bits per heavy atom. The molecule has 1 unspecified atom stereocenters. The summed E-state index contributed by atoms with van der Waals surface area (Å²) in [6, 6.07) is 11.4. The molecule has 1 saturated heterocycles. The van der Waals surface area contributed by atoms with Crippen LogP contribution in [0.15, 0.2) is 52.7 Å². The van der Waals surface area contributed by atoms with Gasteiger partial charge < -0.3 is 19.5 Å². The Bertz CT molecular complexity index is 1170. The Labute approximate surface area is 200 Å². The van der Waals surface area contributed by atoms with E-state index < -0.39 is 22.7 Å². The lowest BCUT2D eigenvalue weighted by Gasteiger charge is -2.19. The molecule has 1 aromatic heterocycles. The predicted octanol–water partition coefficient (Wildman–Crippen LogP) is 6.01. The monoisotopic (exact) mass is 516 g/mol. The summed E-state index contributed by atoms with van der Waals surface area (Å²) in [7, 11) is 0.125. The molecule has 33 heavy (non-hydrogen) atoms. The van der Waals surface area contributed by atoms with Crippen LogP contribution in [0.1, 0.15) is 12.0 Å². The first-order valence-electron chi connectivity index (χ1n) is 9.94. The van der Waals surface area contributed by atoms with Crippen molar-refractivity contribution in [1.29, 1.82) is 0 Å². The number of nitrogens with zero attached hydrogens (tertiary/aromatic N) is 1. The van der Waals surface area contributed by atoms with E-state index in [9.17, 15) is 22.5 Å². The Morgan fingerprint density at radius 2 is 1.94 bits per heavy atom. The lowest BCUT2D eigenvalue weighted by molar-refractivity contribution is -0.139. The van der Waals surface area contributed by atoms with Gasteiger partial charge in [-0.15, -0.1) is 11.3 Å². The van der Waals surface area contributed by atoms with Gasteiger partial charge in [0, 0.05) is 24.7 Å². The van der Waals surface area contributed by atoms with E-state index in [1.807, 2.05) is 11.9 Å². The summed E-state index contributed by atoms with van der Waals surface area (Å²) in [5, 5.41) is 9.45. The molecule has 176 valence electrons. The van der Waals surface area contributed by atoms with E-state index in [2.05, 4.69) is 4.72 Å². The van der Waals surface area contributed by atoms with Crippen molar-refractivity contribution < 1.29 is 27.2 Å². The molecule has 0 spiro atoms. The van der Waals surface area contributed by atoms with E-state index in [1.54, 1.807) is 18.2 Å². The van der Waals surface area contributed by atoms with Crippen LogP contribution in [0.4, 0.5) is 18.9 Å². The van der Waals surface area contributed by atoms with Crippen molar-refractivity contribution in [2.24, 2.45) is 0 Å². The molecule has 0 bridgehead atoms. The van der Waals surface area contributed by atoms with Crippen LogP contribution in [0.5, 0.6) is 11.5 Å². The molecule has 0 aliphatic carbocycles. The molecule has 2 N–H and O–H groups in total. The number of nitrogens with one attached hydrogen (secondary N) is 1. The van der Waals surface area contributed by atoms with Gasteiger partial charge in [0.1, 0.15) is 26.1 Å². The van der Waals surface area contributed by atoms with Crippen molar-refractivity contribution in [3.63, 3.8) is 0 Å². The van der Waals surface area contributed by atoms with E-state index in [4.69, 9.17) is 16.3 Å². The van der Waals surface area contributed by atoms with Crippen molar-refractivity contribution >= 4 is 39.6 Å². The van der Waals surface area contributed by atoms with Crippen molar-refractivity contribution in [1.82, 2.24) is 4.90 Å². The topological polar surface area (TPSA) is 61.8 Å². The number of hydrogen-bond acceptors (Lipinski definition) is 5. The lowest BCUT2D eigenvalue weighted by atomic mass is 10.1.